The van der Waals surface area contributed by atoms with Gasteiger partial charge in [-0.1, -0.05) is 42.3 Å². The molecule has 268 valence electrons. The van der Waals surface area contributed by atoms with E-state index in [1.54, 1.807) is 12.1 Å². The van der Waals surface area contributed by atoms with Gasteiger partial charge in [0.05, 0.1) is 18.8 Å². The van der Waals surface area contributed by atoms with Crippen LogP contribution in [-0.4, -0.2) is 76.7 Å². The van der Waals surface area contributed by atoms with E-state index in [1.807, 2.05) is 41.3 Å². The van der Waals surface area contributed by atoms with Crippen LogP contribution in [0.3, 0.4) is 0 Å². The van der Waals surface area contributed by atoms with Crippen LogP contribution in [0.4, 0.5) is 5.69 Å². The molecule has 1 aromatic heterocycles. The van der Waals surface area contributed by atoms with Crippen molar-refractivity contribution in [3.8, 4) is 17.0 Å². The summed E-state index contributed by atoms with van der Waals surface area (Å²) in [5.41, 5.74) is 7.21. The van der Waals surface area contributed by atoms with Gasteiger partial charge in [0, 0.05) is 78.5 Å². The highest BCUT2D eigenvalue weighted by molar-refractivity contribution is 6.31. The minimum Gasteiger partial charge on any atom is -0.508 e. The number of morpholine rings is 1. The van der Waals surface area contributed by atoms with Gasteiger partial charge in [-0.05, 0) is 104 Å². The van der Waals surface area contributed by atoms with Gasteiger partial charge in [-0.15, -0.1) is 12.4 Å². The van der Waals surface area contributed by atoms with Crippen LogP contribution in [0.15, 0.2) is 72.8 Å². The molecule has 4 aromatic rings. The Bertz CT molecular complexity index is 1880. The van der Waals surface area contributed by atoms with Gasteiger partial charge >= 0.3 is 0 Å². The number of hydrogen-bond donors (Lipinski definition) is 1. The van der Waals surface area contributed by atoms with Crippen LogP contribution >= 0.6 is 24.0 Å². The molecule has 0 radical (unpaired) electrons. The number of ether oxygens (including phenoxy) is 1. The van der Waals surface area contributed by atoms with Crippen LogP contribution in [0.2, 0.25) is 5.02 Å². The number of aromatic hydroxyl groups is 1. The first-order chi connectivity index (χ1) is 24.4. The Kier molecular flexibility index (Phi) is 10.8. The summed E-state index contributed by atoms with van der Waals surface area (Å²) in [6, 6.07) is 23.0. The number of carbonyl (C=O) groups is 2. The van der Waals surface area contributed by atoms with Gasteiger partial charge in [-0.2, -0.15) is 0 Å². The molecule has 0 bridgehead atoms. The molecule has 1 saturated carbocycles. The van der Waals surface area contributed by atoms with Crippen molar-refractivity contribution >= 4 is 41.5 Å². The molecular formula is C41H46Cl2N4O4. The number of anilines is 1. The van der Waals surface area contributed by atoms with E-state index in [2.05, 4.69) is 38.6 Å². The van der Waals surface area contributed by atoms with Gasteiger partial charge in [0.2, 0.25) is 0 Å². The van der Waals surface area contributed by atoms with E-state index >= 15 is 0 Å². The van der Waals surface area contributed by atoms with E-state index in [-0.39, 0.29) is 36.0 Å². The fraction of sp³-hybridized carbons (Fsp3) is 0.415. The van der Waals surface area contributed by atoms with E-state index < -0.39 is 0 Å². The average molecular weight is 730 g/mol. The lowest BCUT2D eigenvalue weighted by molar-refractivity contribution is 0.0193. The number of halogens is 2. The minimum atomic E-state index is -0.0346. The highest BCUT2D eigenvalue weighted by Crippen LogP contribution is 2.38. The first-order valence-corrected chi connectivity index (χ1v) is 18.6. The lowest BCUT2D eigenvalue weighted by atomic mass is 9.85. The Hall–Kier alpha value is -3.82. The van der Waals surface area contributed by atoms with Gasteiger partial charge in [-0.25, -0.2) is 0 Å². The number of fused-ring (bicyclic) bond motifs is 2. The molecule has 1 saturated heterocycles. The third-order valence-corrected chi connectivity index (χ3v) is 11.5. The number of rotatable bonds is 8. The monoisotopic (exact) mass is 728 g/mol. The van der Waals surface area contributed by atoms with E-state index in [1.165, 1.54) is 17.5 Å². The zero-order chi connectivity index (χ0) is 34.2. The second-order valence-corrected chi connectivity index (χ2v) is 14.8. The smallest absolute Gasteiger partial charge is 0.260 e. The highest BCUT2D eigenvalue weighted by atomic mass is 35.5. The lowest BCUT2D eigenvalue weighted by Crippen LogP contribution is -2.52. The van der Waals surface area contributed by atoms with Crippen LogP contribution in [0.1, 0.15) is 69.6 Å². The molecule has 1 N–H and O–H groups in total. The number of nitrogens with zero attached hydrogens (tertiary/aromatic N) is 4. The van der Waals surface area contributed by atoms with Crippen LogP contribution in [0.5, 0.6) is 5.75 Å². The van der Waals surface area contributed by atoms with E-state index in [0.717, 1.165) is 87.3 Å². The topological polar surface area (TPSA) is 78.3 Å². The predicted molar refractivity (Wildman–Crippen MR) is 203 cm³/mol. The molecule has 1 aliphatic carbocycles. The fourth-order valence-electron chi connectivity index (χ4n) is 8.24. The minimum absolute atomic E-state index is 0. The molecule has 0 spiro atoms. The van der Waals surface area contributed by atoms with E-state index in [0.29, 0.717) is 48.4 Å². The molecule has 10 heteroatoms. The van der Waals surface area contributed by atoms with Gasteiger partial charge in [0.1, 0.15) is 5.75 Å². The maximum Gasteiger partial charge on any atom is 0.260 e. The van der Waals surface area contributed by atoms with Gasteiger partial charge in [-0.3, -0.25) is 14.5 Å². The molecule has 51 heavy (non-hydrogen) atoms. The van der Waals surface area contributed by atoms with E-state index in [4.69, 9.17) is 16.3 Å². The standard InChI is InChI=1S/C41H45ClN4O4.ClH/c42-31-11-16-35(40(48)46-26-30-9-2-1-8-29(30)22-33(46)27-43-18-20-50-21-19-43)36(23-31)39-24-37(38-10-3-4-17-44(38)39)41(49)45(25-28-6-5-7-28)32-12-14-34(47)15-13-32;/h1-2,8-9,11-16,23-24,28,33,47H,3-7,10,17-22,25-27H2;1H/t33-;/m0./s1. The Morgan fingerprint density at radius 2 is 1.65 bits per heavy atom. The number of phenolic OH excluding ortho intramolecular Hbond substituents is 1. The zero-order valence-electron chi connectivity index (χ0n) is 28.9. The Balaban J connectivity index is 0.00000406. The molecule has 8 rings (SSSR count). The predicted octanol–water partition coefficient (Wildman–Crippen LogP) is 7.62. The number of aromatic nitrogens is 1. The first-order valence-electron chi connectivity index (χ1n) is 18.2. The van der Waals surface area contributed by atoms with Crippen molar-refractivity contribution < 1.29 is 19.4 Å². The second-order valence-electron chi connectivity index (χ2n) is 14.4. The van der Waals surface area contributed by atoms with Crippen molar-refractivity contribution in [2.75, 3.05) is 44.3 Å². The number of benzene rings is 3. The maximum atomic E-state index is 14.9. The third kappa shape index (κ3) is 7.29. The van der Waals surface area contributed by atoms with Crippen molar-refractivity contribution in [1.29, 1.82) is 0 Å². The largest absolute Gasteiger partial charge is 0.508 e. The van der Waals surface area contributed by atoms with Crippen molar-refractivity contribution in [1.82, 2.24) is 14.4 Å². The summed E-state index contributed by atoms with van der Waals surface area (Å²) in [7, 11) is 0. The molecule has 4 heterocycles. The van der Waals surface area contributed by atoms with E-state index in [9.17, 15) is 14.7 Å². The summed E-state index contributed by atoms with van der Waals surface area (Å²) in [5.74, 6) is 0.589. The molecular weight excluding hydrogens is 683 g/mol. The number of amides is 2. The van der Waals surface area contributed by atoms with Crippen molar-refractivity contribution in [3.63, 3.8) is 0 Å². The van der Waals surface area contributed by atoms with Crippen molar-refractivity contribution in [2.24, 2.45) is 5.92 Å². The molecule has 3 aromatic carbocycles. The maximum absolute atomic E-state index is 14.9. The Morgan fingerprint density at radius 3 is 2.39 bits per heavy atom. The lowest BCUT2D eigenvalue weighted by Gasteiger charge is -2.40. The number of carbonyl (C=O) groups excluding carboxylic acids is 2. The average Bonchev–Trinajstić information content (AvgIpc) is 3.51. The second kappa shape index (κ2) is 15.4. The summed E-state index contributed by atoms with van der Waals surface area (Å²) in [5, 5.41) is 10.6. The summed E-state index contributed by atoms with van der Waals surface area (Å²) in [6.07, 6.45) is 7.02. The molecule has 8 nitrogen and oxygen atoms in total. The summed E-state index contributed by atoms with van der Waals surface area (Å²) >= 11 is 6.71. The molecule has 2 amide bonds. The molecule has 2 fully saturated rings. The number of hydrogen-bond acceptors (Lipinski definition) is 5. The van der Waals surface area contributed by atoms with Crippen molar-refractivity contribution in [2.45, 2.75) is 64.1 Å². The van der Waals surface area contributed by atoms with Gasteiger partial charge < -0.3 is 24.2 Å². The SMILES string of the molecule is Cl.O=C(c1cc(-c2cc(Cl)ccc2C(=O)N2Cc3ccccc3C[C@H]2CN2CCOCC2)n2c1CCCC2)N(CC1CCC1)c1ccc(O)cc1. The van der Waals surface area contributed by atoms with Crippen LogP contribution < -0.4 is 4.90 Å². The third-order valence-electron chi connectivity index (χ3n) is 11.2. The van der Waals surface area contributed by atoms with Crippen molar-refractivity contribution in [3.05, 3.63) is 106 Å². The normalized spacial score (nSPS) is 19.0. The number of phenols is 1. The van der Waals surface area contributed by atoms with Crippen LogP contribution in [0, 0.1) is 5.92 Å². The fourth-order valence-corrected chi connectivity index (χ4v) is 8.41. The summed E-state index contributed by atoms with van der Waals surface area (Å²) in [6.45, 7) is 5.91. The Morgan fingerprint density at radius 1 is 0.882 bits per heavy atom. The van der Waals surface area contributed by atoms with Crippen LogP contribution in [-0.2, 0) is 30.7 Å². The molecule has 0 unspecified atom stereocenters. The molecule has 3 aliphatic heterocycles. The zero-order valence-corrected chi connectivity index (χ0v) is 30.5. The quantitative estimate of drug-likeness (QED) is 0.202. The summed E-state index contributed by atoms with van der Waals surface area (Å²) in [4.78, 5) is 35.9. The molecule has 4 aliphatic rings. The van der Waals surface area contributed by atoms with Gasteiger partial charge in [0.25, 0.3) is 11.8 Å². The van der Waals surface area contributed by atoms with Gasteiger partial charge in [0.15, 0.2) is 0 Å². The molecule has 1 atom stereocenters. The Labute approximate surface area is 311 Å². The van der Waals surface area contributed by atoms with Crippen LogP contribution in [0.25, 0.3) is 11.3 Å². The highest BCUT2D eigenvalue weighted by Gasteiger charge is 2.35. The summed E-state index contributed by atoms with van der Waals surface area (Å²) < 4.78 is 7.88. The first kappa shape index (κ1) is 35.6.